The minimum Gasteiger partial charge on any atom is -0.488 e. The molecule has 4 nitrogen and oxygen atoms in total. The van der Waals surface area contributed by atoms with Crippen molar-refractivity contribution in [2.24, 2.45) is 0 Å². The third kappa shape index (κ3) is 5.40. The SMILES string of the molecule is CCCCc1ccc(-c2cccc(C(C)NC(=O)c3cc(OC4CNC4)ccc3C)c2)s1. The summed E-state index contributed by atoms with van der Waals surface area (Å²) in [6.07, 6.45) is 3.78. The maximum Gasteiger partial charge on any atom is 0.252 e. The summed E-state index contributed by atoms with van der Waals surface area (Å²) in [5.74, 6) is 0.675. The zero-order chi connectivity index (χ0) is 22.5. The van der Waals surface area contributed by atoms with E-state index in [9.17, 15) is 4.79 Å². The molecule has 0 radical (unpaired) electrons. The molecule has 2 N–H and O–H groups in total. The topological polar surface area (TPSA) is 50.4 Å². The fourth-order valence-electron chi connectivity index (χ4n) is 3.79. The summed E-state index contributed by atoms with van der Waals surface area (Å²) in [6, 6.07) is 18.6. The van der Waals surface area contributed by atoms with Crippen LogP contribution >= 0.6 is 11.3 Å². The van der Waals surface area contributed by atoms with Crippen LogP contribution in [-0.2, 0) is 6.42 Å². The number of nitrogens with one attached hydrogen (secondary N) is 2. The van der Waals surface area contributed by atoms with Crippen LogP contribution in [0.15, 0.2) is 54.6 Å². The van der Waals surface area contributed by atoms with Crippen molar-refractivity contribution in [2.75, 3.05) is 13.1 Å². The molecule has 5 heteroatoms. The number of hydrogen-bond donors (Lipinski definition) is 2. The number of rotatable bonds is 9. The molecule has 2 heterocycles. The predicted molar refractivity (Wildman–Crippen MR) is 133 cm³/mol. The number of ether oxygens (including phenoxy) is 1. The molecule has 0 aliphatic carbocycles. The van der Waals surface area contributed by atoms with E-state index >= 15 is 0 Å². The van der Waals surface area contributed by atoms with Gasteiger partial charge in [-0.3, -0.25) is 4.79 Å². The average molecular weight is 449 g/mol. The van der Waals surface area contributed by atoms with Crippen LogP contribution in [0.25, 0.3) is 10.4 Å². The van der Waals surface area contributed by atoms with Crippen LogP contribution in [0.5, 0.6) is 5.75 Å². The third-order valence-corrected chi connectivity index (χ3v) is 7.15. The number of amides is 1. The molecule has 1 aromatic heterocycles. The monoisotopic (exact) mass is 448 g/mol. The Kier molecular flexibility index (Phi) is 7.28. The first-order valence-corrected chi connectivity index (χ1v) is 12.3. The van der Waals surface area contributed by atoms with E-state index in [0.717, 1.165) is 36.4 Å². The lowest BCUT2D eigenvalue weighted by molar-refractivity contribution is 0.0937. The first-order valence-electron chi connectivity index (χ1n) is 11.5. The van der Waals surface area contributed by atoms with Crippen LogP contribution in [0.1, 0.15) is 59.1 Å². The minimum absolute atomic E-state index is 0.0736. The highest BCUT2D eigenvalue weighted by Crippen LogP contribution is 2.31. The standard InChI is InChI=1S/C27H32N2O2S/c1-4-5-9-24-12-13-26(32-24)21-8-6-7-20(14-21)19(3)29-27(30)25-15-22(11-10-18(25)2)31-23-16-28-17-23/h6-8,10-15,19,23,28H,4-5,9,16-17H2,1-3H3,(H,29,30). The molecule has 2 aromatic carbocycles. The van der Waals surface area contributed by atoms with Crippen LogP contribution < -0.4 is 15.4 Å². The molecule has 1 aliphatic rings. The fourth-order valence-corrected chi connectivity index (χ4v) is 4.84. The number of aryl methyl sites for hydroxylation is 2. The molecule has 168 valence electrons. The summed E-state index contributed by atoms with van der Waals surface area (Å²) in [4.78, 5) is 15.8. The maximum absolute atomic E-state index is 13.1. The quantitative estimate of drug-likeness (QED) is 0.428. The highest BCUT2D eigenvalue weighted by Gasteiger charge is 2.20. The number of carbonyl (C=O) groups excluding carboxylic acids is 1. The summed E-state index contributed by atoms with van der Waals surface area (Å²) in [5, 5.41) is 6.37. The summed E-state index contributed by atoms with van der Waals surface area (Å²) in [7, 11) is 0. The van der Waals surface area contributed by atoms with E-state index in [-0.39, 0.29) is 18.1 Å². The Balaban J connectivity index is 1.45. The van der Waals surface area contributed by atoms with Crippen LogP contribution in [0.4, 0.5) is 0 Å². The first-order chi connectivity index (χ1) is 15.5. The van der Waals surface area contributed by atoms with Crippen molar-refractivity contribution in [3.05, 3.63) is 76.2 Å². The first kappa shape index (κ1) is 22.6. The van der Waals surface area contributed by atoms with E-state index in [1.165, 1.54) is 28.2 Å². The Labute approximate surface area is 195 Å². The van der Waals surface area contributed by atoms with Crippen LogP contribution in [0.2, 0.25) is 0 Å². The largest absolute Gasteiger partial charge is 0.488 e. The van der Waals surface area contributed by atoms with E-state index in [2.05, 4.69) is 54.0 Å². The van der Waals surface area contributed by atoms with E-state index in [1.807, 2.05) is 43.4 Å². The van der Waals surface area contributed by atoms with Crippen LogP contribution in [0, 0.1) is 6.92 Å². The van der Waals surface area contributed by atoms with Crippen molar-refractivity contribution in [1.29, 1.82) is 0 Å². The van der Waals surface area contributed by atoms with Crippen molar-refractivity contribution in [3.8, 4) is 16.2 Å². The van der Waals surface area contributed by atoms with Crippen molar-refractivity contribution in [3.63, 3.8) is 0 Å². The van der Waals surface area contributed by atoms with E-state index in [4.69, 9.17) is 4.74 Å². The lowest BCUT2D eigenvalue weighted by Gasteiger charge is -2.28. The van der Waals surface area contributed by atoms with E-state index in [1.54, 1.807) is 0 Å². The number of hydrogen-bond acceptors (Lipinski definition) is 4. The van der Waals surface area contributed by atoms with Crippen LogP contribution in [-0.4, -0.2) is 25.1 Å². The number of unbranched alkanes of at least 4 members (excludes halogenated alkanes) is 1. The van der Waals surface area contributed by atoms with Crippen molar-refractivity contribution in [1.82, 2.24) is 10.6 Å². The Morgan fingerprint density at radius 2 is 2.03 bits per heavy atom. The second-order valence-corrected chi connectivity index (χ2v) is 9.73. The van der Waals surface area contributed by atoms with E-state index < -0.39 is 0 Å². The molecule has 1 fully saturated rings. The normalized spacial score (nSPS) is 14.6. The molecular formula is C27H32N2O2S. The summed E-state index contributed by atoms with van der Waals surface area (Å²) < 4.78 is 5.94. The van der Waals surface area contributed by atoms with Gasteiger partial charge < -0.3 is 15.4 Å². The Bertz CT molecular complexity index is 1070. The smallest absolute Gasteiger partial charge is 0.252 e. The lowest BCUT2D eigenvalue weighted by atomic mass is 10.0. The number of thiophene rings is 1. The van der Waals surface area contributed by atoms with Gasteiger partial charge in [0, 0.05) is 28.4 Å². The molecule has 1 saturated heterocycles. The van der Waals surface area contributed by atoms with Gasteiger partial charge in [0.2, 0.25) is 0 Å². The lowest BCUT2D eigenvalue weighted by Crippen LogP contribution is -2.50. The van der Waals surface area contributed by atoms with Crippen molar-refractivity contribution in [2.45, 2.75) is 52.2 Å². The number of carbonyl (C=O) groups is 1. The molecule has 1 amide bonds. The zero-order valence-corrected chi connectivity index (χ0v) is 19.9. The molecule has 1 unspecified atom stereocenters. The Hall–Kier alpha value is -2.63. The van der Waals surface area contributed by atoms with Crippen molar-refractivity contribution >= 4 is 17.2 Å². The maximum atomic E-state index is 13.1. The second-order valence-electron chi connectivity index (χ2n) is 8.56. The second kappa shape index (κ2) is 10.3. The fraction of sp³-hybridized carbons (Fsp3) is 0.370. The molecule has 0 bridgehead atoms. The molecule has 1 atom stereocenters. The van der Waals surface area contributed by atoms with Gasteiger partial charge in [0.1, 0.15) is 11.9 Å². The summed E-state index contributed by atoms with van der Waals surface area (Å²) in [5.41, 5.74) is 3.92. The molecule has 1 aliphatic heterocycles. The van der Waals surface area contributed by atoms with Gasteiger partial charge in [-0.1, -0.05) is 37.6 Å². The third-order valence-electron chi connectivity index (χ3n) is 5.96. The Morgan fingerprint density at radius 1 is 1.19 bits per heavy atom. The average Bonchev–Trinajstić information content (AvgIpc) is 3.25. The van der Waals surface area contributed by atoms with Gasteiger partial charge in [-0.15, -0.1) is 11.3 Å². The van der Waals surface area contributed by atoms with Crippen LogP contribution in [0.3, 0.4) is 0 Å². The summed E-state index contributed by atoms with van der Waals surface area (Å²) >= 11 is 1.87. The zero-order valence-electron chi connectivity index (χ0n) is 19.1. The molecule has 3 aromatic rings. The summed E-state index contributed by atoms with van der Waals surface area (Å²) in [6.45, 7) is 7.93. The van der Waals surface area contributed by atoms with Gasteiger partial charge in [-0.05, 0) is 73.7 Å². The molecular weight excluding hydrogens is 416 g/mol. The van der Waals surface area contributed by atoms with Gasteiger partial charge in [-0.25, -0.2) is 0 Å². The highest BCUT2D eigenvalue weighted by atomic mass is 32.1. The number of benzene rings is 2. The predicted octanol–water partition coefficient (Wildman–Crippen LogP) is 5.91. The highest BCUT2D eigenvalue weighted by molar-refractivity contribution is 7.15. The van der Waals surface area contributed by atoms with Gasteiger partial charge in [0.05, 0.1) is 6.04 Å². The van der Waals surface area contributed by atoms with Gasteiger partial charge in [-0.2, -0.15) is 0 Å². The van der Waals surface area contributed by atoms with Gasteiger partial charge >= 0.3 is 0 Å². The molecule has 32 heavy (non-hydrogen) atoms. The molecule has 0 spiro atoms. The van der Waals surface area contributed by atoms with E-state index in [0.29, 0.717) is 5.56 Å². The van der Waals surface area contributed by atoms with Gasteiger partial charge in [0.25, 0.3) is 5.91 Å². The molecule has 0 saturated carbocycles. The molecule has 4 rings (SSSR count). The Morgan fingerprint density at radius 3 is 2.78 bits per heavy atom. The minimum atomic E-state index is -0.0956. The van der Waals surface area contributed by atoms with Gasteiger partial charge in [0.15, 0.2) is 0 Å². The van der Waals surface area contributed by atoms with Crippen molar-refractivity contribution < 1.29 is 9.53 Å².